The number of hydrogen-bond donors (Lipinski definition) is 0. The first kappa shape index (κ1) is 35.9. The zero-order valence-electron chi connectivity index (χ0n) is 35.0. The average molecular weight is 796 g/mol. The van der Waals surface area contributed by atoms with Crippen molar-refractivity contribution in [2.24, 2.45) is 0 Å². The monoisotopic (exact) mass is 795 g/mol. The summed E-state index contributed by atoms with van der Waals surface area (Å²) in [6.45, 7) is 9.38. The van der Waals surface area contributed by atoms with Gasteiger partial charge in [-0.05, 0) is 151 Å². The van der Waals surface area contributed by atoms with E-state index in [9.17, 15) is 0 Å². The van der Waals surface area contributed by atoms with Gasteiger partial charge in [-0.1, -0.05) is 179 Å². The van der Waals surface area contributed by atoms with Gasteiger partial charge >= 0.3 is 0 Å². The third-order valence-electron chi connectivity index (χ3n) is 13.6. The van der Waals surface area contributed by atoms with E-state index in [2.05, 4.69) is 226 Å². The Morgan fingerprint density at radius 1 is 0.393 bits per heavy atom. The molecule has 0 fully saturated rings. The molecule has 1 aliphatic heterocycles. The molecule has 1 unspecified atom stereocenters. The topological polar surface area (TPSA) is 3.24 Å². The third-order valence-corrected chi connectivity index (χ3v) is 16.4. The predicted octanol–water partition coefficient (Wildman–Crippen LogP) is 14.9. The van der Waals surface area contributed by atoms with Crippen LogP contribution in [-0.4, -0.2) is 8.80 Å². The van der Waals surface area contributed by atoms with Crippen LogP contribution in [0.5, 0.6) is 0 Å². The zero-order chi connectivity index (χ0) is 41.0. The molecule has 1 atom stereocenters. The van der Waals surface area contributed by atoms with Gasteiger partial charge in [-0.2, -0.15) is 0 Å². The molecule has 0 amide bonds. The van der Waals surface area contributed by atoms with Crippen molar-refractivity contribution < 1.29 is 0 Å². The quantitative estimate of drug-likeness (QED) is 0.124. The first-order valence-electron chi connectivity index (χ1n) is 21.7. The maximum Gasteiger partial charge on any atom is 0.102 e. The molecule has 12 rings (SSSR count). The molecule has 1 aliphatic rings. The minimum Gasteiger partial charge on any atom is -0.310 e. The van der Waals surface area contributed by atoms with E-state index in [0.717, 1.165) is 0 Å². The third kappa shape index (κ3) is 5.66. The van der Waals surface area contributed by atoms with Crippen LogP contribution in [0.4, 0.5) is 17.1 Å². The Morgan fingerprint density at radius 3 is 1.57 bits per heavy atom. The van der Waals surface area contributed by atoms with Gasteiger partial charge in [0, 0.05) is 17.1 Å². The van der Waals surface area contributed by atoms with Crippen LogP contribution in [0.25, 0.3) is 87.2 Å². The standard InChI is InChI=1S/C59H45NSi/c1-59(2,3)45-27-23-40(24-28-45)39-19-21-41(22-20-39)53-35-44-15-9-17-51-55(44)56-49(53)16-10-18-52(56)58-57(51)50-32-31-48(36-54(50)61(58)4)60(46-29-25-37-11-5-7-13-42(37)33-46)47-30-26-38-12-6-8-14-43(38)34-47/h5-36,61H,1-4H3. The molecule has 11 aromatic carbocycles. The number of anilines is 3. The fraction of sp³-hybridized carbons (Fsp3) is 0.0847. The van der Waals surface area contributed by atoms with E-state index in [1.165, 1.54) is 115 Å². The zero-order valence-corrected chi connectivity index (χ0v) is 36.2. The molecule has 61 heavy (non-hydrogen) atoms. The molecule has 1 heterocycles. The first-order valence-corrected chi connectivity index (χ1v) is 24.0. The fourth-order valence-corrected chi connectivity index (χ4v) is 13.3. The van der Waals surface area contributed by atoms with Gasteiger partial charge in [-0.25, -0.2) is 0 Å². The second-order valence-electron chi connectivity index (χ2n) is 18.1. The van der Waals surface area contributed by atoms with E-state index in [4.69, 9.17) is 0 Å². The van der Waals surface area contributed by atoms with E-state index < -0.39 is 8.80 Å². The Balaban J connectivity index is 1.000. The van der Waals surface area contributed by atoms with Crippen LogP contribution >= 0.6 is 0 Å². The second-order valence-corrected chi connectivity index (χ2v) is 20.8. The minimum atomic E-state index is -1.65. The van der Waals surface area contributed by atoms with Gasteiger partial charge in [0.2, 0.25) is 0 Å². The molecular weight excluding hydrogens is 751 g/mol. The lowest BCUT2D eigenvalue weighted by atomic mass is 9.85. The molecule has 0 bridgehead atoms. The van der Waals surface area contributed by atoms with Crippen LogP contribution in [-0.2, 0) is 5.41 Å². The van der Waals surface area contributed by atoms with Crippen LogP contribution < -0.4 is 15.3 Å². The molecule has 290 valence electrons. The summed E-state index contributed by atoms with van der Waals surface area (Å²) < 4.78 is 0. The van der Waals surface area contributed by atoms with Crippen molar-refractivity contribution in [3.8, 4) is 33.4 Å². The molecule has 0 saturated heterocycles. The number of fused-ring (bicyclic) bond motifs is 7. The summed E-state index contributed by atoms with van der Waals surface area (Å²) in [7, 11) is -1.65. The van der Waals surface area contributed by atoms with E-state index in [-0.39, 0.29) is 5.41 Å². The number of rotatable bonds is 5. The molecule has 1 nitrogen and oxygen atoms in total. The molecule has 2 heteroatoms. The van der Waals surface area contributed by atoms with Crippen molar-refractivity contribution in [2.75, 3.05) is 4.90 Å². The summed E-state index contributed by atoms with van der Waals surface area (Å²) >= 11 is 0. The summed E-state index contributed by atoms with van der Waals surface area (Å²) in [5, 5.41) is 16.3. The van der Waals surface area contributed by atoms with Crippen LogP contribution in [0.1, 0.15) is 26.3 Å². The highest BCUT2D eigenvalue weighted by molar-refractivity contribution is 6.91. The summed E-state index contributed by atoms with van der Waals surface area (Å²) in [4.78, 5) is 2.46. The minimum absolute atomic E-state index is 0.139. The molecule has 0 aliphatic carbocycles. The Kier molecular flexibility index (Phi) is 7.95. The van der Waals surface area contributed by atoms with Gasteiger partial charge in [0.05, 0.1) is 0 Å². The lowest BCUT2D eigenvalue weighted by molar-refractivity contribution is 0.590. The second kappa shape index (κ2) is 13.5. The maximum absolute atomic E-state index is 2.56. The molecule has 0 radical (unpaired) electrons. The lowest BCUT2D eigenvalue weighted by Gasteiger charge is -2.27. The Bertz CT molecular complexity index is 3440. The smallest absolute Gasteiger partial charge is 0.102 e. The van der Waals surface area contributed by atoms with E-state index >= 15 is 0 Å². The highest BCUT2D eigenvalue weighted by Crippen LogP contribution is 2.46. The van der Waals surface area contributed by atoms with Crippen molar-refractivity contribution in [3.63, 3.8) is 0 Å². The summed E-state index contributed by atoms with van der Waals surface area (Å²) in [6.07, 6.45) is 0. The van der Waals surface area contributed by atoms with Crippen molar-refractivity contribution in [3.05, 3.63) is 200 Å². The van der Waals surface area contributed by atoms with Crippen molar-refractivity contribution in [1.82, 2.24) is 0 Å². The highest BCUT2D eigenvalue weighted by Gasteiger charge is 2.33. The van der Waals surface area contributed by atoms with Crippen molar-refractivity contribution >= 4 is 90.1 Å². The largest absolute Gasteiger partial charge is 0.310 e. The molecular formula is C59H45NSi. The Morgan fingerprint density at radius 2 is 0.918 bits per heavy atom. The Hall–Kier alpha value is -7.00. The lowest BCUT2D eigenvalue weighted by Crippen LogP contribution is -2.35. The van der Waals surface area contributed by atoms with Gasteiger partial charge in [-0.15, -0.1) is 0 Å². The van der Waals surface area contributed by atoms with E-state index in [1.807, 2.05) is 0 Å². The SMILES string of the molecule is C[SiH]1c2cc(N(c3ccc4ccccc4c3)c3ccc4ccccc4c3)ccc2-c2c1c1cccc3c(-c4ccc(-c5ccc(C(C)(C)C)cc5)cc4)cc4cccc2c4c31. The van der Waals surface area contributed by atoms with Crippen LogP contribution in [0, 0.1) is 0 Å². The molecule has 0 aromatic heterocycles. The fourth-order valence-electron chi connectivity index (χ4n) is 10.5. The Labute approximate surface area is 359 Å². The van der Waals surface area contributed by atoms with Crippen LogP contribution in [0.3, 0.4) is 0 Å². The van der Waals surface area contributed by atoms with Gasteiger partial charge in [0.15, 0.2) is 0 Å². The highest BCUT2D eigenvalue weighted by atomic mass is 28.3. The van der Waals surface area contributed by atoms with Crippen molar-refractivity contribution in [1.29, 1.82) is 0 Å². The first-order chi connectivity index (χ1) is 29.8. The normalized spacial score (nSPS) is 13.7. The summed E-state index contributed by atoms with van der Waals surface area (Å²) in [5.74, 6) is 0. The average Bonchev–Trinajstić information content (AvgIpc) is 3.59. The number of benzene rings is 11. The van der Waals surface area contributed by atoms with Crippen molar-refractivity contribution in [2.45, 2.75) is 32.7 Å². The van der Waals surface area contributed by atoms with Gasteiger partial charge < -0.3 is 4.90 Å². The molecule has 0 N–H and O–H groups in total. The predicted molar refractivity (Wildman–Crippen MR) is 267 cm³/mol. The molecule has 0 spiro atoms. The van der Waals surface area contributed by atoms with Crippen LogP contribution in [0.15, 0.2) is 194 Å². The molecule has 0 saturated carbocycles. The van der Waals surface area contributed by atoms with Gasteiger partial charge in [0.1, 0.15) is 8.80 Å². The van der Waals surface area contributed by atoms with Gasteiger partial charge in [-0.3, -0.25) is 0 Å². The maximum atomic E-state index is 2.56. The number of nitrogens with zero attached hydrogens (tertiary/aromatic N) is 1. The summed E-state index contributed by atoms with van der Waals surface area (Å²) in [5.41, 5.74) is 12.9. The number of hydrogen-bond acceptors (Lipinski definition) is 1. The van der Waals surface area contributed by atoms with E-state index in [1.54, 1.807) is 5.19 Å². The van der Waals surface area contributed by atoms with Crippen LogP contribution in [0.2, 0.25) is 6.55 Å². The summed E-state index contributed by atoms with van der Waals surface area (Å²) in [6, 6.07) is 73.2. The molecule has 11 aromatic rings. The van der Waals surface area contributed by atoms with Gasteiger partial charge in [0.25, 0.3) is 0 Å². The van der Waals surface area contributed by atoms with E-state index in [0.29, 0.717) is 0 Å².